The predicted molar refractivity (Wildman–Crippen MR) is 91.7 cm³/mol. The molecule has 1 aromatic rings. The van der Waals surface area contributed by atoms with Crippen molar-refractivity contribution in [1.29, 1.82) is 0 Å². The summed E-state index contributed by atoms with van der Waals surface area (Å²) in [5.41, 5.74) is 0.723. The molecule has 0 saturated carbocycles. The van der Waals surface area contributed by atoms with Crippen LogP contribution in [-0.2, 0) is 14.3 Å². The van der Waals surface area contributed by atoms with Crippen molar-refractivity contribution in [3.63, 3.8) is 0 Å². The number of nitrogens with one attached hydrogen (secondary N) is 1. The van der Waals surface area contributed by atoms with Gasteiger partial charge in [-0.2, -0.15) is 0 Å². The second-order valence-corrected chi connectivity index (χ2v) is 6.75. The third kappa shape index (κ3) is 5.52. The molecule has 0 unspecified atom stereocenters. The van der Waals surface area contributed by atoms with E-state index in [1.807, 2.05) is 12.1 Å². The van der Waals surface area contributed by atoms with E-state index in [4.69, 9.17) is 9.84 Å². The van der Waals surface area contributed by atoms with Crippen LogP contribution >= 0.6 is 67.8 Å². The van der Waals surface area contributed by atoms with Crippen LogP contribution in [0.25, 0.3) is 0 Å². The molecule has 0 fully saturated rings. The molecule has 1 rings (SSSR count). The molecule has 0 heterocycles. The lowest BCUT2D eigenvalue weighted by atomic mass is 10.3. The molecular formula is C10H8I3NO4. The van der Waals surface area contributed by atoms with Gasteiger partial charge in [-0.25, -0.2) is 4.79 Å². The van der Waals surface area contributed by atoms with E-state index in [0.717, 1.165) is 16.4 Å². The minimum atomic E-state index is -1.10. The molecule has 2 N–H and O–H groups in total. The zero-order chi connectivity index (χ0) is 13.7. The van der Waals surface area contributed by atoms with E-state index in [-0.39, 0.29) is 12.5 Å². The maximum absolute atomic E-state index is 11.5. The molecule has 98 valence electrons. The van der Waals surface area contributed by atoms with Crippen LogP contribution in [0.1, 0.15) is 0 Å². The van der Waals surface area contributed by atoms with Gasteiger partial charge in [0, 0.05) is 10.7 Å². The van der Waals surface area contributed by atoms with Crippen LogP contribution in [0.5, 0.6) is 0 Å². The SMILES string of the molecule is O=C(O)COCC(=O)Nc1c(I)cc(I)cc1I. The van der Waals surface area contributed by atoms with Gasteiger partial charge in [-0.05, 0) is 79.9 Å². The summed E-state index contributed by atoms with van der Waals surface area (Å²) < 4.78 is 7.65. The fourth-order valence-electron chi connectivity index (χ4n) is 1.07. The van der Waals surface area contributed by atoms with Crippen LogP contribution in [0.3, 0.4) is 0 Å². The van der Waals surface area contributed by atoms with Crippen LogP contribution in [0.15, 0.2) is 12.1 Å². The van der Waals surface area contributed by atoms with E-state index in [1.54, 1.807) is 0 Å². The molecule has 5 nitrogen and oxygen atoms in total. The second-order valence-electron chi connectivity index (χ2n) is 3.18. The van der Waals surface area contributed by atoms with Gasteiger partial charge in [0.25, 0.3) is 0 Å². The van der Waals surface area contributed by atoms with Gasteiger partial charge in [-0.1, -0.05) is 0 Å². The van der Waals surface area contributed by atoms with Gasteiger partial charge in [0.1, 0.15) is 13.2 Å². The Hall–Kier alpha value is 0.310. The minimum Gasteiger partial charge on any atom is -0.480 e. The smallest absolute Gasteiger partial charge is 0.329 e. The highest BCUT2D eigenvalue weighted by Gasteiger charge is 2.11. The van der Waals surface area contributed by atoms with Gasteiger partial charge in [0.15, 0.2) is 0 Å². The second kappa shape index (κ2) is 7.79. The molecule has 0 radical (unpaired) electrons. The molecular weight excluding hydrogens is 579 g/mol. The zero-order valence-electron chi connectivity index (χ0n) is 8.87. The fraction of sp³-hybridized carbons (Fsp3) is 0.200. The number of halogens is 3. The van der Waals surface area contributed by atoms with E-state index < -0.39 is 12.6 Å². The maximum Gasteiger partial charge on any atom is 0.329 e. The van der Waals surface area contributed by atoms with Crippen LogP contribution in [0.2, 0.25) is 0 Å². The number of anilines is 1. The Morgan fingerprint density at radius 1 is 1.17 bits per heavy atom. The van der Waals surface area contributed by atoms with Crippen molar-refractivity contribution in [3.8, 4) is 0 Å². The Morgan fingerprint density at radius 3 is 2.22 bits per heavy atom. The number of hydrogen-bond acceptors (Lipinski definition) is 3. The number of carboxylic acids is 1. The van der Waals surface area contributed by atoms with Gasteiger partial charge in [-0.3, -0.25) is 4.79 Å². The van der Waals surface area contributed by atoms with Crippen LogP contribution in [0.4, 0.5) is 5.69 Å². The number of carbonyl (C=O) groups is 2. The van der Waals surface area contributed by atoms with E-state index in [2.05, 4.69) is 73.1 Å². The topological polar surface area (TPSA) is 75.6 Å². The quantitative estimate of drug-likeness (QED) is 0.520. The third-order valence-corrected chi connectivity index (χ3v) is 4.05. The van der Waals surface area contributed by atoms with E-state index in [0.29, 0.717) is 0 Å². The van der Waals surface area contributed by atoms with Gasteiger partial charge in [0.05, 0.1) is 5.69 Å². The highest BCUT2D eigenvalue weighted by Crippen LogP contribution is 2.27. The molecule has 0 atom stereocenters. The van der Waals surface area contributed by atoms with Crippen LogP contribution in [-0.4, -0.2) is 30.2 Å². The summed E-state index contributed by atoms with van der Waals surface area (Å²) in [6, 6.07) is 3.88. The molecule has 1 amide bonds. The Morgan fingerprint density at radius 2 is 1.72 bits per heavy atom. The average molecular weight is 587 g/mol. The largest absolute Gasteiger partial charge is 0.480 e. The van der Waals surface area contributed by atoms with Crippen molar-refractivity contribution in [2.24, 2.45) is 0 Å². The van der Waals surface area contributed by atoms with Crippen molar-refractivity contribution in [3.05, 3.63) is 22.8 Å². The maximum atomic E-state index is 11.5. The number of hydrogen-bond donors (Lipinski definition) is 2. The molecule has 8 heteroatoms. The number of ether oxygens (including phenoxy) is 1. The summed E-state index contributed by atoms with van der Waals surface area (Å²) in [6.07, 6.45) is 0. The number of rotatable bonds is 5. The zero-order valence-corrected chi connectivity index (χ0v) is 15.3. The summed E-state index contributed by atoms with van der Waals surface area (Å²) in [5.74, 6) is -1.46. The van der Waals surface area contributed by atoms with Gasteiger partial charge in [-0.15, -0.1) is 0 Å². The van der Waals surface area contributed by atoms with E-state index in [1.165, 1.54) is 0 Å². The summed E-state index contributed by atoms with van der Waals surface area (Å²) in [7, 11) is 0. The lowest BCUT2D eigenvalue weighted by Gasteiger charge is -2.10. The van der Waals surface area contributed by atoms with E-state index in [9.17, 15) is 9.59 Å². The monoisotopic (exact) mass is 587 g/mol. The molecule has 0 aliphatic heterocycles. The molecule has 1 aromatic carbocycles. The van der Waals surface area contributed by atoms with Crippen molar-refractivity contribution in [1.82, 2.24) is 0 Å². The number of carbonyl (C=O) groups excluding carboxylic acids is 1. The molecule has 0 aliphatic rings. The Bertz CT molecular complexity index is 455. The predicted octanol–water partition coefficient (Wildman–Crippen LogP) is 2.54. The standard InChI is InChI=1S/C10H8I3NO4/c11-5-1-6(12)10(7(13)2-5)14-8(15)3-18-4-9(16)17/h1-2H,3-4H2,(H,14,15)(H,16,17). The van der Waals surface area contributed by atoms with Crippen LogP contribution in [0, 0.1) is 10.7 Å². The van der Waals surface area contributed by atoms with E-state index >= 15 is 0 Å². The molecule has 0 spiro atoms. The molecule has 0 bridgehead atoms. The molecule has 18 heavy (non-hydrogen) atoms. The number of carboxylic acid groups (broad SMARTS) is 1. The summed E-state index contributed by atoms with van der Waals surface area (Å²) >= 11 is 6.47. The summed E-state index contributed by atoms with van der Waals surface area (Å²) in [6.45, 7) is -0.751. The van der Waals surface area contributed by atoms with Crippen molar-refractivity contribution in [2.75, 3.05) is 18.5 Å². The Labute approximate surface area is 144 Å². The third-order valence-electron chi connectivity index (χ3n) is 1.73. The Kier molecular flexibility index (Phi) is 7.08. The fourth-order valence-corrected chi connectivity index (χ4v) is 4.92. The van der Waals surface area contributed by atoms with Gasteiger partial charge >= 0.3 is 5.97 Å². The van der Waals surface area contributed by atoms with Crippen molar-refractivity contribution < 1.29 is 19.4 Å². The first-order chi connectivity index (χ1) is 8.40. The average Bonchev–Trinajstić information content (AvgIpc) is 2.22. The number of benzene rings is 1. The summed E-state index contributed by atoms with van der Waals surface area (Å²) in [5, 5.41) is 11.1. The highest BCUT2D eigenvalue weighted by atomic mass is 127. The molecule has 0 aliphatic carbocycles. The first-order valence-electron chi connectivity index (χ1n) is 4.64. The van der Waals surface area contributed by atoms with Crippen LogP contribution < -0.4 is 5.32 Å². The summed E-state index contributed by atoms with van der Waals surface area (Å²) in [4.78, 5) is 21.8. The highest BCUT2D eigenvalue weighted by molar-refractivity contribution is 14.1. The van der Waals surface area contributed by atoms with Crippen molar-refractivity contribution >= 4 is 85.3 Å². The lowest BCUT2D eigenvalue weighted by Crippen LogP contribution is -2.21. The van der Waals surface area contributed by atoms with Gasteiger partial charge in [0.2, 0.25) is 5.91 Å². The first kappa shape index (κ1) is 16.4. The first-order valence-corrected chi connectivity index (χ1v) is 7.87. The van der Waals surface area contributed by atoms with Gasteiger partial charge < -0.3 is 15.2 Å². The minimum absolute atomic E-state index is 0.273. The number of amides is 1. The normalized spacial score (nSPS) is 10.2. The molecule has 0 aromatic heterocycles. The lowest BCUT2D eigenvalue weighted by molar-refractivity contribution is -0.143. The van der Waals surface area contributed by atoms with Crippen molar-refractivity contribution in [2.45, 2.75) is 0 Å². The number of aliphatic carboxylic acids is 1. The Balaban J connectivity index is 2.62. The molecule has 0 saturated heterocycles.